The van der Waals surface area contributed by atoms with Gasteiger partial charge in [-0.2, -0.15) is 0 Å². The molecule has 152 valence electrons. The molecule has 1 aliphatic heterocycles. The minimum Gasteiger partial charge on any atom is -0.399 e. The van der Waals surface area contributed by atoms with Crippen molar-refractivity contribution in [3.05, 3.63) is 83.4 Å². The summed E-state index contributed by atoms with van der Waals surface area (Å²) in [5.41, 5.74) is 18.1. The Balaban J connectivity index is 1.46. The van der Waals surface area contributed by atoms with Gasteiger partial charge in [0.05, 0.1) is 0 Å². The van der Waals surface area contributed by atoms with Crippen LogP contribution in [0.1, 0.15) is 41.3 Å². The molecule has 1 fully saturated rings. The molecule has 1 amide bonds. The number of carbonyl (C=O) groups excluding carboxylic acids is 1. The average Bonchev–Trinajstić information content (AvgIpc) is 3.19. The first-order valence-electron chi connectivity index (χ1n) is 10.4. The van der Waals surface area contributed by atoms with Crippen LogP contribution in [0.15, 0.2) is 66.7 Å². The van der Waals surface area contributed by atoms with Crippen molar-refractivity contribution in [3.8, 4) is 11.1 Å². The summed E-state index contributed by atoms with van der Waals surface area (Å²) in [4.78, 5) is 14.7. The third-order valence-corrected chi connectivity index (χ3v) is 5.76. The topological polar surface area (TPSA) is 72.3 Å². The number of benzene rings is 3. The molecule has 0 aromatic heterocycles. The Kier molecular flexibility index (Phi) is 5.57. The summed E-state index contributed by atoms with van der Waals surface area (Å²) in [5.74, 6) is 0.133. The van der Waals surface area contributed by atoms with E-state index in [1.165, 1.54) is 0 Å². The number of nitrogen functional groups attached to an aromatic ring is 2. The molecule has 0 unspecified atom stereocenters. The van der Waals surface area contributed by atoms with Gasteiger partial charge in [0.2, 0.25) is 0 Å². The molecule has 3 aromatic rings. The zero-order valence-electron chi connectivity index (χ0n) is 17.2. The van der Waals surface area contributed by atoms with Gasteiger partial charge in [-0.25, -0.2) is 0 Å². The van der Waals surface area contributed by atoms with E-state index in [0.717, 1.165) is 47.2 Å². The van der Waals surface area contributed by atoms with E-state index in [-0.39, 0.29) is 5.91 Å². The largest absolute Gasteiger partial charge is 0.399 e. The lowest BCUT2D eigenvalue weighted by atomic mass is 10.0. The van der Waals surface area contributed by atoms with Gasteiger partial charge in [0, 0.05) is 29.5 Å². The third kappa shape index (κ3) is 4.23. The zero-order chi connectivity index (χ0) is 21.1. The fourth-order valence-electron chi connectivity index (χ4n) is 3.92. The van der Waals surface area contributed by atoms with Crippen molar-refractivity contribution in [3.63, 3.8) is 0 Å². The van der Waals surface area contributed by atoms with Gasteiger partial charge in [-0.1, -0.05) is 54.6 Å². The van der Waals surface area contributed by atoms with Crippen LogP contribution in [0.3, 0.4) is 0 Å². The van der Waals surface area contributed by atoms with Crippen molar-refractivity contribution in [1.82, 2.24) is 4.90 Å². The van der Waals surface area contributed by atoms with Gasteiger partial charge < -0.3 is 16.4 Å². The van der Waals surface area contributed by atoms with Crippen LogP contribution in [0.5, 0.6) is 0 Å². The smallest absolute Gasteiger partial charge is 0.254 e. The number of amides is 1. The van der Waals surface area contributed by atoms with Crippen molar-refractivity contribution < 1.29 is 4.79 Å². The van der Waals surface area contributed by atoms with E-state index in [4.69, 9.17) is 11.5 Å². The Bertz CT molecular complexity index is 1070. The lowest BCUT2D eigenvalue weighted by Crippen LogP contribution is -2.33. The molecule has 0 bridgehead atoms. The monoisotopic (exact) mass is 397 g/mol. The van der Waals surface area contributed by atoms with Crippen LogP contribution >= 0.6 is 0 Å². The summed E-state index contributed by atoms with van der Waals surface area (Å²) in [7, 11) is 0. The number of likely N-dealkylation sites (tertiary alicyclic amines) is 1. The standard InChI is InChI=1S/C26H27N3O/c1-18-3-2-16-29(18)26(30)23-12-10-21(11-13-23)20-7-4-19(5-8-20)6-9-22-14-15-24(27)17-25(22)28/h4-15,17-18H,2-3,16,27-28H2,1H3/b9-6+/t18-/m1/s1. The highest BCUT2D eigenvalue weighted by atomic mass is 16.2. The molecule has 1 atom stereocenters. The molecule has 0 saturated carbocycles. The fourth-order valence-corrected chi connectivity index (χ4v) is 3.92. The van der Waals surface area contributed by atoms with Crippen molar-refractivity contribution >= 4 is 29.4 Å². The number of hydrogen-bond donors (Lipinski definition) is 2. The van der Waals surface area contributed by atoms with Crippen molar-refractivity contribution in [1.29, 1.82) is 0 Å². The molecule has 3 aromatic carbocycles. The first-order valence-corrected chi connectivity index (χ1v) is 10.4. The summed E-state index contributed by atoms with van der Waals surface area (Å²) in [5, 5.41) is 0. The molecule has 4 heteroatoms. The highest BCUT2D eigenvalue weighted by Gasteiger charge is 2.25. The average molecular weight is 398 g/mol. The number of anilines is 2. The quantitative estimate of drug-likeness (QED) is 0.463. The van der Waals surface area contributed by atoms with E-state index in [1.54, 1.807) is 6.07 Å². The van der Waals surface area contributed by atoms with Crippen LogP contribution in [-0.4, -0.2) is 23.4 Å². The van der Waals surface area contributed by atoms with E-state index >= 15 is 0 Å². The normalized spacial score (nSPS) is 16.3. The highest BCUT2D eigenvalue weighted by molar-refractivity contribution is 5.95. The second-order valence-corrected chi connectivity index (χ2v) is 7.91. The third-order valence-electron chi connectivity index (χ3n) is 5.76. The van der Waals surface area contributed by atoms with Crippen molar-refractivity contribution in [2.75, 3.05) is 18.0 Å². The second-order valence-electron chi connectivity index (χ2n) is 7.91. The molecular formula is C26H27N3O. The van der Waals surface area contributed by atoms with Gasteiger partial charge in [-0.3, -0.25) is 4.79 Å². The van der Waals surface area contributed by atoms with Gasteiger partial charge in [0.25, 0.3) is 5.91 Å². The number of carbonyl (C=O) groups is 1. The first kappa shape index (κ1) is 19.8. The highest BCUT2D eigenvalue weighted by Crippen LogP contribution is 2.24. The van der Waals surface area contributed by atoms with Crippen LogP contribution < -0.4 is 11.5 Å². The zero-order valence-corrected chi connectivity index (χ0v) is 17.2. The first-order chi connectivity index (χ1) is 14.5. The van der Waals surface area contributed by atoms with Crippen LogP contribution in [0.4, 0.5) is 11.4 Å². The Hall–Kier alpha value is -3.53. The molecular weight excluding hydrogens is 370 g/mol. The lowest BCUT2D eigenvalue weighted by molar-refractivity contribution is 0.0747. The lowest BCUT2D eigenvalue weighted by Gasteiger charge is -2.21. The van der Waals surface area contributed by atoms with Crippen LogP contribution in [0, 0.1) is 0 Å². The van der Waals surface area contributed by atoms with Crippen LogP contribution in [0.2, 0.25) is 0 Å². The van der Waals surface area contributed by atoms with E-state index in [0.29, 0.717) is 17.4 Å². The number of nitrogens with zero attached hydrogens (tertiary/aromatic N) is 1. The Labute approximate surface area is 177 Å². The van der Waals surface area contributed by atoms with E-state index < -0.39 is 0 Å². The molecule has 4 rings (SSSR count). The molecule has 1 aliphatic rings. The molecule has 30 heavy (non-hydrogen) atoms. The minimum absolute atomic E-state index is 0.133. The van der Waals surface area contributed by atoms with Gasteiger partial charge in [0.15, 0.2) is 0 Å². The van der Waals surface area contributed by atoms with Gasteiger partial charge >= 0.3 is 0 Å². The molecule has 0 spiro atoms. The number of nitrogens with two attached hydrogens (primary N) is 2. The summed E-state index contributed by atoms with van der Waals surface area (Å²) < 4.78 is 0. The second kappa shape index (κ2) is 8.46. The minimum atomic E-state index is 0.133. The molecule has 4 nitrogen and oxygen atoms in total. The van der Waals surface area contributed by atoms with Crippen LogP contribution in [-0.2, 0) is 0 Å². The summed E-state index contributed by atoms with van der Waals surface area (Å²) in [6.45, 7) is 2.98. The molecule has 1 saturated heterocycles. The Morgan fingerprint density at radius 2 is 1.60 bits per heavy atom. The van der Waals surface area contributed by atoms with E-state index in [2.05, 4.69) is 31.2 Å². The van der Waals surface area contributed by atoms with Gasteiger partial charge in [-0.15, -0.1) is 0 Å². The number of hydrogen-bond acceptors (Lipinski definition) is 3. The predicted octanol–water partition coefficient (Wildman–Crippen LogP) is 5.31. The summed E-state index contributed by atoms with van der Waals surface area (Å²) in [6.07, 6.45) is 6.21. The summed E-state index contributed by atoms with van der Waals surface area (Å²) in [6, 6.07) is 22.1. The fraction of sp³-hybridized carbons (Fsp3) is 0.192. The van der Waals surface area contributed by atoms with Gasteiger partial charge in [-0.05, 0) is 66.3 Å². The maximum atomic E-state index is 12.7. The molecule has 4 N–H and O–H groups in total. The maximum absolute atomic E-state index is 12.7. The summed E-state index contributed by atoms with van der Waals surface area (Å²) >= 11 is 0. The molecule has 1 heterocycles. The Morgan fingerprint density at radius 1 is 0.933 bits per heavy atom. The van der Waals surface area contributed by atoms with E-state index in [9.17, 15) is 4.79 Å². The Morgan fingerprint density at radius 3 is 2.20 bits per heavy atom. The molecule has 0 radical (unpaired) electrons. The SMILES string of the molecule is C[C@@H]1CCCN1C(=O)c1ccc(-c2ccc(/C=C/c3ccc(N)cc3N)cc2)cc1. The predicted molar refractivity (Wildman–Crippen MR) is 126 cm³/mol. The van der Waals surface area contributed by atoms with Gasteiger partial charge in [0.1, 0.15) is 0 Å². The van der Waals surface area contributed by atoms with E-state index in [1.807, 2.05) is 53.5 Å². The van der Waals surface area contributed by atoms with Crippen molar-refractivity contribution in [2.24, 2.45) is 0 Å². The molecule has 0 aliphatic carbocycles. The van der Waals surface area contributed by atoms with Crippen LogP contribution in [0.25, 0.3) is 23.3 Å². The van der Waals surface area contributed by atoms with Crippen molar-refractivity contribution in [2.45, 2.75) is 25.8 Å². The number of rotatable bonds is 4. The maximum Gasteiger partial charge on any atom is 0.254 e.